The van der Waals surface area contributed by atoms with E-state index in [-0.39, 0.29) is 11.6 Å². The smallest absolute Gasteiger partial charge is 0.433 e. The molecule has 0 atom stereocenters. The highest BCUT2D eigenvalue weighted by molar-refractivity contribution is 5.49. The van der Waals surface area contributed by atoms with Gasteiger partial charge in [0.1, 0.15) is 23.6 Å². The molecule has 1 aliphatic rings. The van der Waals surface area contributed by atoms with Crippen molar-refractivity contribution >= 4 is 11.6 Å². The Balaban J connectivity index is 1.63. The zero-order valence-corrected chi connectivity index (χ0v) is 16.3. The first-order chi connectivity index (χ1) is 14.2. The van der Waals surface area contributed by atoms with Gasteiger partial charge in [0.15, 0.2) is 5.69 Å². The first kappa shape index (κ1) is 20.2. The van der Waals surface area contributed by atoms with Crippen molar-refractivity contribution in [2.75, 3.05) is 32.2 Å². The summed E-state index contributed by atoms with van der Waals surface area (Å²) in [4.78, 5) is 9.08. The van der Waals surface area contributed by atoms with Crippen LogP contribution >= 0.6 is 0 Å². The standard InChI is InChI=1S/C19H20F3N5O3/c1-29-13-7-12(8-14(9-13)30-2)18(28)3-5-26(6-4-18)16-10-15(19(20,21)22)25-17-23-11-24-27(16)17/h7-11,28H,3-6H2,1-2H3. The van der Waals surface area contributed by atoms with Crippen LogP contribution in [0.1, 0.15) is 24.1 Å². The molecular formula is C19H20F3N5O3. The molecule has 3 heterocycles. The van der Waals surface area contributed by atoms with E-state index < -0.39 is 17.5 Å². The summed E-state index contributed by atoms with van der Waals surface area (Å²) in [5.74, 6) is 1.20. The molecule has 2 aromatic heterocycles. The number of piperidine rings is 1. The molecule has 3 aromatic rings. The first-order valence-corrected chi connectivity index (χ1v) is 9.22. The third-order valence-electron chi connectivity index (χ3n) is 5.33. The third-order valence-corrected chi connectivity index (χ3v) is 5.33. The van der Waals surface area contributed by atoms with Gasteiger partial charge in [0.2, 0.25) is 0 Å². The van der Waals surface area contributed by atoms with Crippen LogP contribution in [-0.2, 0) is 11.8 Å². The number of ether oxygens (including phenoxy) is 2. The van der Waals surface area contributed by atoms with Crippen LogP contribution in [-0.4, -0.2) is 52.0 Å². The van der Waals surface area contributed by atoms with E-state index in [9.17, 15) is 18.3 Å². The van der Waals surface area contributed by atoms with Crippen LogP contribution in [0, 0.1) is 0 Å². The zero-order chi connectivity index (χ0) is 21.5. The molecule has 0 spiro atoms. The highest BCUT2D eigenvalue weighted by Gasteiger charge is 2.38. The number of hydrogen-bond donors (Lipinski definition) is 1. The molecule has 1 aliphatic heterocycles. The summed E-state index contributed by atoms with van der Waals surface area (Å²) in [5.41, 5.74) is -1.56. The maximum atomic E-state index is 13.3. The summed E-state index contributed by atoms with van der Waals surface area (Å²) < 4.78 is 51.6. The summed E-state index contributed by atoms with van der Waals surface area (Å²) >= 11 is 0. The SMILES string of the molecule is COc1cc(OC)cc(C2(O)CCN(c3cc(C(F)(F)F)nc4ncnn34)CC2)c1. The van der Waals surface area contributed by atoms with Gasteiger partial charge in [0, 0.05) is 25.2 Å². The molecule has 0 bridgehead atoms. The minimum absolute atomic E-state index is 0.127. The third kappa shape index (κ3) is 3.60. The van der Waals surface area contributed by atoms with Crippen molar-refractivity contribution in [3.8, 4) is 11.5 Å². The number of fused-ring (bicyclic) bond motifs is 1. The van der Waals surface area contributed by atoms with Crippen LogP contribution in [0.2, 0.25) is 0 Å². The summed E-state index contributed by atoms with van der Waals surface area (Å²) in [6.07, 6.45) is -2.85. The van der Waals surface area contributed by atoms with E-state index in [4.69, 9.17) is 9.47 Å². The molecule has 0 saturated carbocycles. The average molecular weight is 423 g/mol. The zero-order valence-electron chi connectivity index (χ0n) is 16.3. The predicted octanol–water partition coefficient (Wildman–Crippen LogP) is 2.65. The van der Waals surface area contributed by atoms with E-state index in [0.29, 0.717) is 43.0 Å². The number of aromatic nitrogens is 4. The lowest BCUT2D eigenvalue weighted by atomic mass is 9.84. The van der Waals surface area contributed by atoms with Gasteiger partial charge in [-0.2, -0.15) is 27.8 Å². The van der Waals surface area contributed by atoms with E-state index in [1.54, 1.807) is 23.1 Å². The topological polar surface area (TPSA) is 85.0 Å². The number of rotatable bonds is 4. The van der Waals surface area contributed by atoms with Gasteiger partial charge in [-0.3, -0.25) is 0 Å². The largest absolute Gasteiger partial charge is 0.497 e. The lowest BCUT2D eigenvalue weighted by Crippen LogP contribution is -2.43. The van der Waals surface area contributed by atoms with Crippen LogP contribution in [0.5, 0.6) is 11.5 Å². The molecule has 0 unspecified atom stereocenters. The van der Waals surface area contributed by atoms with Gasteiger partial charge in [0.05, 0.1) is 19.8 Å². The van der Waals surface area contributed by atoms with Crippen molar-refractivity contribution in [1.82, 2.24) is 19.6 Å². The van der Waals surface area contributed by atoms with Gasteiger partial charge in [-0.25, -0.2) is 4.98 Å². The number of benzene rings is 1. The number of aliphatic hydroxyl groups is 1. The Bertz CT molecular complexity index is 1040. The molecule has 30 heavy (non-hydrogen) atoms. The normalized spacial score (nSPS) is 16.7. The van der Waals surface area contributed by atoms with E-state index in [1.807, 2.05) is 0 Å². The Labute approximate surface area is 169 Å². The quantitative estimate of drug-likeness (QED) is 0.691. The van der Waals surface area contributed by atoms with E-state index in [2.05, 4.69) is 15.1 Å². The second-order valence-corrected chi connectivity index (χ2v) is 7.09. The number of nitrogens with zero attached hydrogens (tertiary/aromatic N) is 5. The highest BCUT2D eigenvalue weighted by Crippen LogP contribution is 2.38. The first-order valence-electron chi connectivity index (χ1n) is 9.22. The molecule has 8 nitrogen and oxygen atoms in total. The molecule has 4 rings (SSSR count). The minimum atomic E-state index is -4.60. The summed E-state index contributed by atoms with van der Waals surface area (Å²) in [5, 5.41) is 15.2. The fraction of sp³-hybridized carbons (Fsp3) is 0.421. The molecule has 0 radical (unpaired) electrons. The molecule has 1 fully saturated rings. The molecule has 0 aliphatic carbocycles. The Morgan fingerprint density at radius 1 is 1.03 bits per heavy atom. The van der Waals surface area contributed by atoms with Crippen molar-refractivity contribution in [3.05, 3.63) is 41.9 Å². The Hall–Kier alpha value is -3.08. The van der Waals surface area contributed by atoms with E-state index in [0.717, 1.165) is 12.4 Å². The Kier molecular flexibility index (Phi) is 4.92. The second kappa shape index (κ2) is 7.31. The van der Waals surface area contributed by atoms with Gasteiger partial charge in [-0.05, 0) is 30.5 Å². The molecule has 1 N–H and O–H groups in total. The van der Waals surface area contributed by atoms with Crippen molar-refractivity contribution in [2.24, 2.45) is 0 Å². The van der Waals surface area contributed by atoms with Crippen LogP contribution in [0.15, 0.2) is 30.6 Å². The van der Waals surface area contributed by atoms with Gasteiger partial charge >= 0.3 is 6.18 Å². The summed E-state index contributed by atoms with van der Waals surface area (Å²) in [7, 11) is 3.05. The van der Waals surface area contributed by atoms with Crippen LogP contribution in [0.4, 0.5) is 19.0 Å². The fourth-order valence-corrected chi connectivity index (χ4v) is 3.64. The second-order valence-electron chi connectivity index (χ2n) is 7.09. The molecule has 1 aromatic carbocycles. The van der Waals surface area contributed by atoms with Crippen LogP contribution in [0.25, 0.3) is 5.78 Å². The maximum absolute atomic E-state index is 13.3. The fourth-order valence-electron chi connectivity index (χ4n) is 3.64. The number of halogens is 3. The number of hydrogen-bond acceptors (Lipinski definition) is 7. The number of alkyl halides is 3. The molecule has 11 heteroatoms. The number of anilines is 1. The summed E-state index contributed by atoms with van der Waals surface area (Å²) in [6, 6.07) is 6.14. The van der Waals surface area contributed by atoms with Gasteiger partial charge in [-0.1, -0.05) is 0 Å². The minimum Gasteiger partial charge on any atom is -0.497 e. The van der Waals surface area contributed by atoms with Gasteiger partial charge in [-0.15, -0.1) is 0 Å². The van der Waals surface area contributed by atoms with Crippen LogP contribution in [0.3, 0.4) is 0 Å². The molecule has 160 valence electrons. The summed E-state index contributed by atoms with van der Waals surface area (Å²) in [6.45, 7) is 0.624. The van der Waals surface area contributed by atoms with Gasteiger partial charge < -0.3 is 19.5 Å². The van der Waals surface area contributed by atoms with Crippen molar-refractivity contribution < 1.29 is 27.8 Å². The van der Waals surface area contributed by atoms with Gasteiger partial charge in [0.25, 0.3) is 5.78 Å². The number of methoxy groups -OCH3 is 2. The maximum Gasteiger partial charge on any atom is 0.433 e. The molecular weight excluding hydrogens is 403 g/mol. The lowest BCUT2D eigenvalue weighted by Gasteiger charge is -2.39. The Morgan fingerprint density at radius 2 is 1.67 bits per heavy atom. The van der Waals surface area contributed by atoms with Crippen molar-refractivity contribution in [1.29, 1.82) is 0 Å². The average Bonchev–Trinajstić information content (AvgIpc) is 3.21. The van der Waals surface area contributed by atoms with Crippen molar-refractivity contribution in [3.63, 3.8) is 0 Å². The predicted molar refractivity (Wildman–Crippen MR) is 101 cm³/mol. The molecule has 0 amide bonds. The Morgan fingerprint density at radius 3 is 2.23 bits per heavy atom. The lowest BCUT2D eigenvalue weighted by molar-refractivity contribution is -0.141. The van der Waals surface area contributed by atoms with E-state index in [1.165, 1.54) is 18.7 Å². The van der Waals surface area contributed by atoms with E-state index >= 15 is 0 Å². The highest BCUT2D eigenvalue weighted by atomic mass is 19.4. The monoisotopic (exact) mass is 423 g/mol. The van der Waals surface area contributed by atoms with Crippen LogP contribution < -0.4 is 14.4 Å². The van der Waals surface area contributed by atoms with Crippen molar-refractivity contribution in [2.45, 2.75) is 24.6 Å². The molecule has 1 saturated heterocycles.